The van der Waals surface area contributed by atoms with Crippen LogP contribution in [0.4, 0.5) is 5.13 Å². The van der Waals surface area contributed by atoms with E-state index in [0.29, 0.717) is 11.7 Å². The number of methoxy groups -OCH3 is 2. The second-order valence-corrected chi connectivity index (χ2v) is 13.5. The lowest BCUT2D eigenvalue weighted by atomic mass is 10.1. The molecule has 0 aliphatic rings. The Morgan fingerprint density at radius 3 is 1.59 bits per heavy atom. The SMILES string of the molecule is COc1ccc(Cn2ncc3c4nc(C)sc4cc(C)c32)cc1.COc1ccc(Cn2ncc3c4nc(N)sc4cc(C)c32)cc1. The van der Waals surface area contributed by atoms with E-state index in [4.69, 9.17) is 15.2 Å². The molecule has 4 aromatic heterocycles. The Morgan fingerprint density at radius 2 is 1.11 bits per heavy atom. The molecule has 4 aromatic carbocycles. The number of aryl methyl sites for hydroxylation is 3. The van der Waals surface area contributed by atoms with E-state index in [1.165, 1.54) is 43.8 Å². The fourth-order valence-electron chi connectivity index (χ4n) is 5.90. The molecular weight excluding hydrogens is 615 g/mol. The summed E-state index contributed by atoms with van der Waals surface area (Å²) < 4.78 is 16.8. The van der Waals surface area contributed by atoms with Gasteiger partial charge in [-0.25, -0.2) is 9.97 Å². The van der Waals surface area contributed by atoms with Gasteiger partial charge in [-0.2, -0.15) is 10.2 Å². The summed E-state index contributed by atoms with van der Waals surface area (Å²) in [7, 11) is 3.35. The van der Waals surface area contributed by atoms with Crippen molar-refractivity contribution in [1.29, 1.82) is 0 Å². The van der Waals surface area contributed by atoms with E-state index >= 15 is 0 Å². The van der Waals surface area contributed by atoms with Crippen LogP contribution < -0.4 is 15.2 Å². The predicted molar refractivity (Wildman–Crippen MR) is 189 cm³/mol. The Labute approximate surface area is 273 Å². The van der Waals surface area contributed by atoms with Gasteiger partial charge in [-0.15, -0.1) is 11.3 Å². The van der Waals surface area contributed by atoms with Crippen molar-refractivity contribution in [2.45, 2.75) is 33.9 Å². The van der Waals surface area contributed by atoms with E-state index in [9.17, 15) is 0 Å². The molecule has 8 rings (SSSR count). The number of rotatable bonds is 6. The third kappa shape index (κ3) is 5.52. The first-order chi connectivity index (χ1) is 22.3. The van der Waals surface area contributed by atoms with E-state index in [1.807, 2.05) is 48.3 Å². The van der Waals surface area contributed by atoms with Gasteiger partial charge in [-0.05, 0) is 79.4 Å². The summed E-state index contributed by atoms with van der Waals surface area (Å²) in [6, 6.07) is 20.5. The molecule has 0 saturated heterocycles. The number of nitrogen functional groups attached to an aromatic ring is 1. The highest BCUT2D eigenvalue weighted by Crippen LogP contribution is 2.34. The maximum atomic E-state index is 5.86. The first-order valence-corrected chi connectivity index (χ1v) is 16.4. The van der Waals surface area contributed by atoms with Crippen molar-refractivity contribution in [3.05, 3.63) is 100 Å². The molecule has 8 aromatic rings. The van der Waals surface area contributed by atoms with E-state index in [1.54, 1.807) is 25.6 Å². The van der Waals surface area contributed by atoms with Crippen LogP contribution in [0.2, 0.25) is 0 Å². The molecule has 0 atom stereocenters. The summed E-state index contributed by atoms with van der Waals surface area (Å²) in [4.78, 5) is 9.13. The molecule has 0 aliphatic carbocycles. The normalized spacial score (nSPS) is 11.4. The average Bonchev–Trinajstić information content (AvgIpc) is 3.83. The number of nitrogens with zero attached hydrogens (tertiary/aromatic N) is 6. The number of fused-ring (bicyclic) bond motifs is 6. The molecule has 0 amide bonds. The summed E-state index contributed by atoms with van der Waals surface area (Å²) in [6.07, 6.45) is 3.82. The minimum atomic E-state index is 0.592. The maximum absolute atomic E-state index is 5.86. The zero-order valence-electron chi connectivity index (χ0n) is 26.2. The minimum absolute atomic E-state index is 0.592. The fraction of sp³-hybridized carbons (Fsp3) is 0.200. The topological polar surface area (TPSA) is 106 Å². The van der Waals surface area contributed by atoms with Gasteiger partial charge < -0.3 is 15.2 Å². The highest BCUT2D eigenvalue weighted by Gasteiger charge is 2.15. The van der Waals surface area contributed by atoms with Crippen molar-refractivity contribution in [2.75, 3.05) is 20.0 Å². The van der Waals surface area contributed by atoms with Crippen LogP contribution in [-0.4, -0.2) is 43.7 Å². The third-order valence-corrected chi connectivity index (χ3v) is 9.79. The monoisotopic (exact) mass is 647 g/mol. The van der Waals surface area contributed by atoms with Crippen molar-refractivity contribution >= 4 is 70.0 Å². The summed E-state index contributed by atoms with van der Waals surface area (Å²) in [5.74, 6) is 1.73. The lowest BCUT2D eigenvalue weighted by molar-refractivity contribution is 0.414. The van der Waals surface area contributed by atoms with E-state index in [2.05, 4.69) is 75.1 Å². The fourth-order valence-corrected chi connectivity index (χ4v) is 7.69. The van der Waals surface area contributed by atoms with Crippen LogP contribution >= 0.6 is 22.7 Å². The van der Waals surface area contributed by atoms with Gasteiger partial charge in [0, 0.05) is 10.8 Å². The second-order valence-electron chi connectivity index (χ2n) is 11.2. The minimum Gasteiger partial charge on any atom is -0.497 e. The van der Waals surface area contributed by atoms with Crippen LogP contribution in [-0.2, 0) is 13.1 Å². The van der Waals surface area contributed by atoms with E-state index < -0.39 is 0 Å². The Kier molecular flexibility index (Phi) is 7.79. The van der Waals surface area contributed by atoms with Crippen LogP contribution in [0.1, 0.15) is 27.3 Å². The Bertz CT molecular complexity index is 2170. The summed E-state index contributed by atoms with van der Waals surface area (Å²) in [5.41, 5.74) is 14.9. The van der Waals surface area contributed by atoms with Crippen LogP contribution in [0.5, 0.6) is 11.5 Å². The molecule has 0 radical (unpaired) electrons. The quantitative estimate of drug-likeness (QED) is 0.195. The van der Waals surface area contributed by atoms with Gasteiger partial charge >= 0.3 is 0 Å². The summed E-state index contributed by atoms with van der Waals surface area (Å²) in [5, 5.41) is 13.0. The number of ether oxygens (including phenoxy) is 2. The van der Waals surface area contributed by atoms with Gasteiger partial charge in [0.25, 0.3) is 0 Å². The van der Waals surface area contributed by atoms with Crippen molar-refractivity contribution in [2.24, 2.45) is 0 Å². The number of anilines is 1. The molecule has 0 saturated carbocycles. The number of thiazole rings is 2. The molecule has 0 spiro atoms. The summed E-state index contributed by atoms with van der Waals surface area (Å²) >= 11 is 3.25. The van der Waals surface area contributed by atoms with Gasteiger partial charge in [0.05, 0.1) is 76.2 Å². The highest BCUT2D eigenvalue weighted by molar-refractivity contribution is 7.22. The molecular formula is C35H33N7O2S2. The van der Waals surface area contributed by atoms with Gasteiger partial charge in [0.15, 0.2) is 5.13 Å². The molecule has 11 heteroatoms. The van der Waals surface area contributed by atoms with Crippen LogP contribution in [0, 0.1) is 20.8 Å². The third-order valence-electron chi connectivity index (χ3n) is 8.04. The molecule has 2 N–H and O–H groups in total. The zero-order valence-corrected chi connectivity index (χ0v) is 27.9. The number of hydrogen-bond acceptors (Lipinski definition) is 9. The smallest absolute Gasteiger partial charge is 0.181 e. The van der Waals surface area contributed by atoms with Crippen LogP contribution in [0.15, 0.2) is 73.1 Å². The predicted octanol–water partition coefficient (Wildman–Crippen LogP) is 7.91. The van der Waals surface area contributed by atoms with Crippen LogP contribution in [0.3, 0.4) is 0 Å². The number of nitrogens with two attached hydrogens (primary N) is 1. The van der Waals surface area contributed by atoms with Gasteiger partial charge in [-0.1, -0.05) is 35.6 Å². The zero-order chi connectivity index (χ0) is 31.9. The van der Waals surface area contributed by atoms with Crippen molar-refractivity contribution in [3.63, 3.8) is 0 Å². The Balaban J connectivity index is 0.000000147. The molecule has 9 nitrogen and oxygen atoms in total. The first-order valence-electron chi connectivity index (χ1n) is 14.8. The lowest BCUT2D eigenvalue weighted by Gasteiger charge is -2.07. The molecule has 46 heavy (non-hydrogen) atoms. The first kappa shape index (κ1) is 29.7. The number of aromatic nitrogens is 6. The van der Waals surface area contributed by atoms with E-state index in [0.717, 1.165) is 55.1 Å². The van der Waals surface area contributed by atoms with Crippen LogP contribution in [0.25, 0.3) is 42.2 Å². The molecule has 0 bridgehead atoms. The molecule has 0 unspecified atom stereocenters. The largest absolute Gasteiger partial charge is 0.497 e. The van der Waals surface area contributed by atoms with Gasteiger partial charge in [-0.3, -0.25) is 9.36 Å². The second kappa shape index (κ2) is 12.1. The molecule has 0 fully saturated rings. The Morgan fingerprint density at radius 1 is 0.652 bits per heavy atom. The highest BCUT2D eigenvalue weighted by atomic mass is 32.1. The maximum Gasteiger partial charge on any atom is 0.181 e. The number of benzene rings is 4. The number of hydrogen-bond donors (Lipinski definition) is 1. The standard InChI is InChI=1S/C18H17N3OS.C17H16N4OS/c1-11-8-16-17(20-12(2)23-16)15-9-19-21(18(11)15)10-13-4-6-14(22-3)7-5-13;1-10-7-14-15(20-17(18)23-14)13-8-19-21(16(10)13)9-11-3-5-12(22-2)6-4-11/h4-9H,10H2,1-3H3;3-8H,9H2,1-2H3,(H2,18,20). The van der Waals surface area contributed by atoms with Crippen molar-refractivity contribution in [1.82, 2.24) is 29.5 Å². The molecule has 0 aliphatic heterocycles. The average molecular weight is 648 g/mol. The van der Waals surface area contributed by atoms with Gasteiger partial charge in [0.2, 0.25) is 0 Å². The molecule has 4 heterocycles. The van der Waals surface area contributed by atoms with E-state index in [-0.39, 0.29) is 0 Å². The van der Waals surface area contributed by atoms with Crippen molar-refractivity contribution in [3.8, 4) is 11.5 Å². The van der Waals surface area contributed by atoms with Gasteiger partial charge in [0.1, 0.15) is 11.5 Å². The Hall–Kier alpha value is -5.00. The molecule has 232 valence electrons. The van der Waals surface area contributed by atoms with Crippen molar-refractivity contribution < 1.29 is 9.47 Å². The summed E-state index contributed by atoms with van der Waals surface area (Å²) in [6.45, 7) is 7.74. The lowest BCUT2D eigenvalue weighted by Crippen LogP contribution is -2.02.